The van der Waals surface area contributed by atoms with Crippen molar-refractivity contribution in [3.63, 3.8) is 0 Å². The summed E-state index contributed by atoms with van der Waals surface area (Å²) < 4.78 is 11.2. The molecular formula is C18H20N2O4S. The summed E-state index contributed by atoms with van der Waals surface area (Å²) in [6.45, 7) is 1.93. The number of carbonyl (C=O) groups is 2. The van der Waals surface area contributed by atoms with E-state index >= 15 is 0 Å². The Bertz CT molecular complexity index is 731. The first-order valence-electron chi connectivity index (χ1n) is 8.20. The van der Waals surface area contributed by atoms with Gasteiger partial charge in [0.15, 0.2) is 11.5 Å². The van der Waals surface area contributed by atoms with Crippen LogP contribution in [0.4, 0.5) is 0 Å². The van der Waals surface area contributed by atoms with Crippen LogP contribution in [-0.4, -0.2) is 31.6 Å². The third kappa shape index (κ3) is 4.73. The number of para-hydroxylation sites is 1. The van der Waals surface area contributed by atoms with Crippen molar-refractivity contribution in [2.24, 2.45) is 0 Å². The van der Waals surface area contributed by atoms with Crippen molar-refractivity contribution >= 4 is 23.2 Å². The first kappa shape index (κ1) is 17.3. The zero-order valence-electron chi connectivity index (χ0n) is 13.7. The largest absolute Gasteiger partial charge is 0.486 e. The molecule has 0 unspecified atom stereocenters. The second-order valence-electron chi connectivity index (χ2n) is 5.55. The molecule has 25 heavy (non-hydrogen) atoms. The van der Waals surface area contributed by atoms with Gasteiger partial charge < -0.3 is 20.1 Å². The van der Waals surface area contributed by atoms with Gasteiger partial charge in [0.2, 0.25) is 5.91 Å². The Morgan fingerprint density at radius 1 is 1.08 bits per heavy atom. The molecule has 7 heteroatoms. The third-order valence-electron chi connectivity index (χ3n) is 3.73. The number of benzene rings is 1. The molecule has 1 aromatic carbocycles. The highest BCUT2D eigenvalue weighted by atomic mass is 32.1. The maximum Gasteiger partial charge on any atom is 0.261 e. The van der Waals surface area contributed by atoms with Gasteiger partial charge in [0, 0.05) is 25.1 Å². The molecular weight excluding hydrogens is 340 g/mol. The van der Waals surface area contributed by atoms with Crippen LogP contribution in [0.15, 0.2) is 35.7 Å². The van der Waals surface area contributed by atoms with Crippen molar-refractivity contribution in [3.8, 4) is 11.5 Å². The second kappa shape index (κ2) is 8.53. The molecule has 0 saturated carbocycles. The van der Waals surface area contributed by atoms with Gasteiger partial charge in [-0.25, -0.2) is 0 Å². The van der Waals surface area contributed by atoms with Crippen molar-refractivity contribution in [2.45, 2.75) is 19.4 Å². The Hall–Kier alpha value is -2.54. The molecule has 0 aliphatic carbocycles. The summed E-state index contributed by atoms with van der Waals surface area (Å²) in [4.78, 5) is 24.4. The number of fused-ring (bicyclic) bond motifs is 1. The van der Waals surface area contributed by atoms with E-state index in [1.54, 1.807) is 6.07 Å². The average Bonchev–Trinajstić information content (AvgIpc) is 3.18. The van der Waals surface area contributed by atoms with E-state index in [1.165, 1.54) is 11.3 Å². The molecule has 2 heterocycles. The molecule has 0 spiro atoms. The van der Waals surface area contributed by atoms with Gasteiger partial charge in [0.1, 0.15) is 13.2 Å². The minimum Gasteiger partial charge on any atom is -0.486 e. The third-order valence-corrected chi connectivity index (χ3v) is 4.60. The number of thiophene rings is 1. The zero-order chi connectivity index (χ0) is 17.5. The number of ether oxygens (including phenoxy) is 2. The molecule has 2 aromatic rings. The number of hydrogen-bond donors (Lipinski definition) is 2. The molecule has 0 atom stereocenters. The van der Waals surface area contributed by atoms with E-state index in [4.69, 9.17) is 9.47 Å². The fraction of sp³-hybridized carbons (Fsp3) is 0.333. The second-order valence-corrected chi connectivity index (χ2v) is 6.50. The predicted molar refractivity (Wildman–Crippen MR) is 95.2 cm³/mol. The van der Waals surface area contributed by atoms with Gasteiger partial charge in [-0.2, -0.15) is 0 Å². The molecule has 6 nitrogen and oxygen atoms in total. The smallest absolute Gasteiger partial charge is 0.261 e. The van der Waals surface area contributed by atoms with Gasteiger partial charge in [0.05, 0.1) is 4.88 Å². The molecule has 1 aliphatic heterocycles. The summed E-state index contributed by atoms with van der Waals surface area (Å²) >= 11 is 1.40. The SMILES string of the molecule is O=C(CCCNC(=O)c1cccs1)NCc1cccc2c1OCCO2. The lowest BCUT2D eigenvalue weighted by molar-refractivity contribution is -0.121. The number of nitrogens with one attached hydrogen (secondary N) is 2. The van der Waals surface area contributed by atoms with Crippen LogP contribution >= 0.6 is 11.3 Å². The van der Waals surface area contributed by atoms with Crippen LogP contribution in [0, 0.1) is 0 Å². The Morgan fingerprint density at radius 3 is 2.80 bits per heavy atom. The summed E-state index contributed by atoms with van der Waals surface area (Å²) in [5.74, 6) is 1.27. The highest BCUT2D eigenvalue weighted by molar-refractivity contribution is 7.12. The first-order valence-corrected chi connectivity index (χ1v) is 9.08. The van der Waals surface area contributed by atoms with Gasteiger partial charge >= 0.3 is 0 Å². The molecule has 132 valence electrons. The molecule has 0 radical (unpaired) electrons. The van der Waals surface area contributed by atoms with Gasteiger partial charge in [-0.15, -0.1) is 11.3 Å². The number of rotatable bonds is 7. The van der Waals surface area contributed by atoms with Gasteiger partial charge in [-0.05, 0) is 23.9 Å². The van der Waals surface area contributed by atoms with E-state index in [9.17, 15) is 9.59 Å². The van der Waals surface area contributed by atoms with E-state index in [0.717, 1.165) is 5.56 Å². The van der Waals surface area contributed by atoms with Crippen LogP contribution < -0.4 is 20.1 Å². The number of hydrogen-bond acceptors (Lipinski definition) is 5. The fourth-order valence-corrected chi connectivity index (χ4v) is 3.14. The standard InChI is InChI=1S/C18H20N2O4S/c21-16(7-2-8-19-18(22)15-6-3-11-25-15)20-12-13-4-1-5-14-17(13)24-10-9-23-14/h1,3-6,11H,2,7-10,12H2,(H,19,22)(H,20,21). The molecule has 0 bridgehead atoms. The molecule has 1 aromatic heterocycles. The minimum absolute atomic E-state index is 0.0558. The van der Waals surface area contributed by atoms with Crippen LogP contribution in [-0.2, 0) is 11.3 Å². The molecule has 3 rings (SSSR count). The van der Waals surface area contributed by atoms with E-state index in [0.29, 0.717) is 55.5 Å². The van der Waals surface area contributed by atoms with Crippen LogP contribution in [0.25, 0.3) is 0 Å². The minimum atomic E-state index is -0.0940. The van der Waals surface area contributed by atoms with E-state index in [1.807, 2.05) is 29.6 Å². The van der Waals surface area contributed by atoms with Crippen molar-refractivity contribution in [1.29, 1.82) is 0 Å². The molecule has 0 saturated heterocycles. The van der Waals surface area contributed by atoms with E-state index < -0.39 is 0 Å². The van der Waals surface area contributed by atoms with Crippen molar-refractivity contribution in [1.82, 2.24) is 10.6 Å². The summed E-state index contributed by atoms with van der Waals surface area (Å²) in [6.07, 6.45) is 0.951. The van der Waals surface area contributed by atoms with Crippen LogP contribution in [0.1, 0.15) is 28.1 Å². The topological polar surface area (TPSA) is 76.7 Å². The molecule has 2 N–H and O–H groups in total. The molecule has 2 amide bonds. The summed E-state index contributed by atoms with van der Waals surface area (Å²) in [5.41, 5.74) is 0.900. The van der Waals surface area contributed by atoms with Crippen molar-refractivity contribution in [3.05, 3.63) is 46.2 Å². The Morgan fingerprint density at radius 2 is 1.96 bits per heavy atom. The lowest BCUT2D eigenvalue weighted by atomic mass is 10.1. The highest BCUT2D eigenvalue weighted by Gasteiger charge is 2.15. The summed E-state index contributed by atoms with van der Waals surface area (Å²) in [5, 5.41) is 7.55. The summed E-state index contributed by atoms with van der Waals surface area (Å²) in [6, 6.07) is 9.27. The quantitative estimate of drug-likeness (QED) is 0.743. The van der Waals surface area contributed by atoms with E-state index in [2.05, 4.69) is 10.6 Å². The van der Waals surface area contributed by atoms with Crippen molar-refractivity contribution in [2.75, 3.05) is 19.8 Å². The van der Waals surface area contributed by atoms with E-state index in [-0.39, 0.29) is 11.8 Å². The Balaban J connectivity index is 1.38. The lowest BCUT2D eigenvalue weighted by Gasteiger charge is -2.21. The monoisotopic (exact) mass is 360 g/mol. The van der Waals surface area contributed by atoms with Gasteiger partial charge in [-0.3, -0.25) is 9.59 Å². The van der Waals surface area contributed by atoms with Crippen LogP contribution in [0.2, 0.25) is 0 Å². The van der Waals surface area contributed by atoms with Gasteiger partial charge in [-0.1, -0.05) is 18.2 Å². The number of amides is 2. The molecule has 0 fully saturated rings. The fourth-order valence-electron chi connectivity index (χ4n) is 2.50. The predicted octanol–water partition coefficient (Wildman–Crippen LogP) is 2.35. The summed E-state index contributed by atoms with van der Waals surface area (Å²) in [7, 11) is 0. The zero-order valence-corrected chi connectivity index (χ0v) is 14.6. The maximum atomic E-state index is 12.0. The van der Waals surface area contributed by atoms with Crippen molar-refractivity contribution < 1.29 is 19.1 Å². The average molecular weight is 360 g/mol. The highest BCUT2D eigenvalue weighted by Crippen LogP contribution is 2.33. The lowest BCUT2D eigenvalue weighted by Crippen LogP contribution is -2.27. The first-order chi connectivity index (χ1) is 12.2. The maximum absolute atomic E-state index is 12.0. The normalized spacial score (nSPS) is 12.5. The number of carbonyl (C=O) groups excluding carboxylic acids is 2. The van der Waals surface area contributed by atoms with Crippen LogP contribution in [0.5, 0.6) is 11.5 Å². The van der Waals surface area contributed by atoms with Crippen LogP contribution in [0.3, 0.4) is 0 Å². The Kier molecular flexibility index (Phi) is 5.90. The molecule has 1 aliphatic rings. The van der Waals surface area contributed by atoms with Gasteiger partial charge in [0.25, 0.3) is 5.91 Å². The Labute approximate surface area is 150 Å².